The highest BCUT2D eigenvalue weighted by molar-refractivity contribution is 8.15. The lowest BCUT2D eigenvalue weighted by atomic mass is 9.90. The second-order valence-corrected chi connectivity index (χ2v) is 9.47. The van der Waals surface area contributed by atoms with Gasteiger partial charge in [-0.05, 0) is 74.2 Å². The number of rotatable bonds is 5. The Morgan fingerprint density at radius 1 is 1.17 bits per heavy atom. The number of nitrogens with zero attached hydrogens (tertiary/aromatic N) is 2. The minimum Gasteiger partial charge on any atom is -0.408 e. The zero-order chi connectivity index (χ0) is 20.5. The number of oxazole rings is 1. The normalized spacial score (nSPS) is 20.7. The smallest absolute Gasteiger partial charge is 0.408 e. The van der Waals surface area contributed by atoms with Gasteiger partial charge >= 0.3 is 5.76 Å². The molecule has 1 atom stereocenters. The third-order valence-electron chi connectivity index (χ3n) is 5.99. The molecule has 1 N–H and O–H groups in total. The number of hydrogen-bond donors (Lipinski definition) is 1. The molecule has 0 aliphatic carbocycles. The van der Waals surface area contributed by atoms with E-state index >= 15 is 0 Å². The summed E-state index contributed by atoms with van der Waals surface area (Å²) in [5.74, 6) is 0.0862. The molecule has 156 valence electrons. The molecule has 30 heavy (non-hydrogen) atoms. The van der Waals surface area contributed by atoms with E-state index in [1.807, 2.05) is 42.1 Å². The fraction of sp³-hybridized carbons (Fsp3) is 0.391. The molecule has 0 amide bonds. The highest BCUT2D eigenvalue weighted by atomic mass is 32.2. The van der Waals surface area contributed by atoms with Crippen molar-refractivity contribution in [2.24, 2.45) is 10.9 Å². The molecule has 0 radical (unpaired) electrons. The fourth-order valence-electron chi connectivity index (χ4n) is 4.36. The van der Waals surface area contributed by atoms with Crippen molar-refractivity contribution in [1.29, 1.82) is 0 Å². The molecule has 0 bridgehead atoms. The molecular formula is C23H24FN3O2S. The van der Waals surface area contributed by atoms with Crippen LogP contribution >= 0.6 is 11.8 Å². The quantitative estimate of drug-likeness (QED) is 0.669. The number of H-pyrrole nitrogens is 1. The second-order valence-electron chi connectivity index (χ2n) is 8.19. The maximum Gasteiger partial charge on any atom is 0.417 e. The molecule has 3 aromatic rings. The van der Waals surface area contributed by atoms with Crippen LogP contribution in [0.15, 0.2) is 56.7 Å². The van der Waals surface area contributed by atoms with Gasteiger partial charge in [0.2, 0.25) is 0 Å². The minimum atomic E-state index is -0.427. The van der Waals surface area contributed by atoms with E-state index in [-0.39, 0.29) is 5.82 Å². The van der Waals surface area contributed by atoms with Crippen molar-refractivity contribution in [1.82, 2.24) is 9.88 Å². The van der Waals surface area contributed by atoms with Gasteiger partial charge in [-0.25, -0.2) is 9.18 Å². The predicted molar refractivity (Wildman–Crippen MR) is 119 cm³/mol. The molecule has 2 aromatic carbocycles. The predicted octanol–water partition coefficient (Wildman–Crippen LogP) is 4.08. The number of aromatic amines is 1. The van der Waals surface area contributed by atoms with Crippen molar-refractivity contribution in [3.8, 4) is 0 Å². The summed E-state index contributed by atoms with van der Waals surface area (Å²) in [4.78, 5) is 21.3. The van der Waals surface area contributed by atoms with Crippen LogP contribution in [-0.4, -0.2) is 46.4 Å². The number of aromatic nitrogens is 1. The van der Waals surface area contributed by atoms with Crippen molar-refractivity contribution in [2.75, 3.05) is 26.2 Å². The number of halogens is 1. The monoisotopic (exact) mass is 425 g/mol. The largest absolute Gasteiger partial charge is 0.417 e. The molecule has 1 saturated heterocycles. The van der Waals surface area contributed by atoms with Crippen LogP contribution in [0, 0.1) is 11.7 Å². The summed E-state index contributed by atoms with van der Waals surface area (Å²) in [5.41, 5.74) is 3.53. The van der Waals surface area contributed by atoms with E-state index in [0.29, 0.717) is 22.3 Å². The van der Waals surface area contributed by atoms with Gasteiger partial charge in [-0.15, -0.1) is 0 Å². The van der Waals surface area contributed by atoms with Gasteiger partial charge in [0, 0.05) is 17.4 Å². The van der Waals surface area contributed by atoms with Crippen molar-refractivity contribution < 1.29 is 8.81 Å². The number of aliphatic imine (C=N–C) groups is 1. The number of benzene rings is 2. The molecule has 1 unspecified atom stereocenters. The van der Waals surface area contributed by atoms with E-state index in [0.717, 1.165) is 43.2 Å². The molecule has 1 aromatic heterocycles. The van der Waals surface area contributed by atoms with Crippen LogP contribution in [0.5, 0.6) is 0 Å². The summed E-state index contributed by atoms with van der Waals surface area (Å²) >= 11 is 1.82. The molecule has 0 saturated carbocycles. The molecule has 3 heterocycles. The highest BCUT2D eigenvalue weighted by Gasteiger charge is 2.26. The Morgan fingerprint density at radius 3 is 2.77 bits per heavy atom. The van der Waals surface area contributed by atoms with Gasteiger partial charge in [-0.3, -0.25) is 9.98 Å². The van der Waals surface area contributed by atoms with Crippen LogP contribution in [0.4, 0.5) is 4.39 Å². The Balaban J connectivity index is 1.12. The van der Waals surface area contributed by atoms with E-state index in [4.69, 9.17) is 9.41 Å². The molecule has 2 aliphatic rings. The van der Waals surface area contributed by atoms with Crippen LogP contribution < -0.4 is 5.76 Å². The number of nitrogens with one attached hydrogen (secondary N) is 1. The van der Waals surface area contributed by atoms with Crippen molar-refractivity contribution in [2.45, 2.75) is 24.5 Å². The van der Waals surface area contributed by atoms with Gasteiger partial charge in [-0.1, -0.05) is 23.9 Å². The third kappa shape index (κ3) is 4.37. The van der Waals surface area contributed by atoms with E-state index in [1.54, 1.807) is 12.1 Å². The first-order chi connectivity index (χ1) is 14.6. The van der Waals surface area contributed by atoms with Crippen molar-refractivity contribution in [3.63, 3.8) is 0 Å². The lowest BCUT2D eigenvalue weighted by molar-refractivity contribution is 0.185. The van der Waals surface area contributed by atoms with Crippen LogP contribution in [0.2, 0.25) is 0 Å². The number of fused-ring (bicyclic) bond motifs is 1. The van der Waals surface area contributed by atoms with Crippen LogP contribution in [0.1, 0.15) is 24.0 Å². The zero-order valence-electron chi connectivity index (χ0n) is 16.6. The Hall–Kier alpha value is -2.38. The number of hydrogen-bond acceptors (Lipinski definition) is 5. The first kappa shape index (κ1) is 19.6. The Kier molecular flexibility index (Phi) is 5.48. The Labute approximate surface area is 178 Å². The first-order valence-electron chi connectivity index (χ1n) is 10.4. The van der Waals surface area contributed by atoms with Crippen LogP contribution in [0.3, 0.4) is 0 Å². The first-order valence-corrected chi connectivity index (χ1v) is 11.3. The van der Waals surface area contributed by atoms with Crippen LogP contribution in [-0.2, 0) is 6.42 Å². The van der Waals surface area contributed by atoms with E-state index in [1.165, 1.54) is 18.4 Å². The summed E-state index contributed by atoms with van der Waals surface area (Å²) in [6, 6.07) is 12.7. The maximum absolute atomic E-state index is 13.1. The third-order valence-corrected chi connectivity index (χ3v) is 7.21. The summed E-state index contributed by atoms with van der Waals surface area (Å²) < 4.78 is 18.3. The average Bonchev–Trinajstić information content (AvgIpc) is 3.36. The van der Waals surface area contributed by atoms with Gasteiger partial charge in [-0.2, -0.15) is 0 Å². The van der Waals surface area contributed by atoms with Gasteiger partial charge < -0.3 is 9.32 Å². The highest BCUT2D eigenvalue weighted by Crippen LogP contribution is 2.29. The summed E-state index contributed by atoms with van der Waals surface area (Å²) in [6.45, 7) is 4.09. The van der Waals surface area contributed by atoms with Crippen molar-refractivity contribution >= 4 is 27.9 Å². The number of likely N-dealkylation sites (tertiary alicyclic amines) is 1. The lowest BCUT2D eigenvalue weighted by Gasteiger charge is -2.33. The molecule has 5 nitrogen and oxygen atoms in total. The second kappa shape index (κ2) is 8.40. The SMILES string of the molecule is O=c1[nH]c2ccc(C3=NCC(CN4CCC(Cc5ccc(F)cc5)CC4)S3)cc2o1. The Bertz CT molecular complexity index is 1110. The molecule has 5 rings (SSSR count). The molecule has 7 heteroatoms. The van der Waals surface area contributed by atoms with E-state index in [2.05, 4.69) is 9.88 Å². The molecule has 0 spiro atoms. The van der Waals surface area contributed by atoms with Crippen LogP contribution in [0.25, 0.3) is 11.1 Å². The molecule has 1 fully saturated rings. The standard InChI is InChI=1S/C23H24FN3O2S/c24-18-4-1-15(2-5-18)11-16-7-9-27(10-8-16)14-19-13-25-22(30-19)17-3-6-20-21(12-17)29-23(28)26-20/h1-6,12,16,19H,7-11,13-14H2,(H,26,28). The van der Waals surface area contributed by atoms with Gasteiger partial charge in [0.25, 0.3) is 0 Å². The van der Waals surface area contributed by atoms with Crippen molar-refractivity contribution in [3.05, 3.63) is 70.0 Å². The average molecular weight is 426 g/mol. The summed E-state index contributed by atoms with van der Waals surface area (Å²) in [6.07, 6.45) is 3.41. The molecule has 2 aliphatic heterocycles. The lowest BCUT2D eigenvalue weighted by Crippen LogP contribution is -2.38. The van der Waals surface area contributed by atoms with Gasteiger partial charge in [0.15, 0.2) is 5.58 Å². The summed E-state index contributed by atoms with van der Waals surface area (Å²) in [5, 5.41) is 1.49. The number of piperidine rings is 1. The van der Waals surface area contributed by atoms with Gasteiger partial charge in [0.05, 0.1) is 17.1 Å². The number of thioether (sulfide) groups is 1. The molecular weight excluding hydrogens is 401 g/mol. The van der Waals surface area contributed by atoms with Gasteiger partial charge in [0.1, 0.15) is 5.82 Å². The zero-order valence-corrected chi connectivity index (χ0v) is 17.5. The minimum absolute atomic E-state index is 0.165. The maximum atomic E-state index is 13.1. The van der Waals surface area contributed by atoms with E-state index in [9.17, 15) is 9.18 Å². The Morgan fingerprint density at radius 2 is 1.97 bits per heavy atom. The van der Waals surface area contributed by atoms with E-state index < -0.39 is 5.76 Å². The summed E-state index contributed by atoms with van der Waals surface area (Å²) in [7, 11) is 0. The topological polar surface area (TPSA) is 61.6 Å². The fourth-order valence-corrected chi connectivity index (χ4v) is 5.53.